The van der Waals surface area contributed by atoms with Gasteiger partial charge in [0.25, 0.3) is 0 Å². The largest absolute Gasteiger partial charge is 0.383 e. The molecular weight excluding hydrogens is 228 g/mol. The zero-order chi connectivity index (χ0) is 13.2. The molecule has 1 rings (SSSR count). The first-order chi connectivity index (χ1) is 8.81. The number of hydrogen-bond acceptors (Lipinski definition) is 4. The van der Waals surface area contributed by atoms with Crippen LogP contribution in [0.25, 0.3) is 0 Å². The van der Waals surface area contributed by atoms with Crippen molar-refractivity contribution >= 4 is 0 Å². The molecule has 1 fully saturated rings. The molecular formula is C14H30N2O2. The first-order valence-electron chi connectivity index (χ1n) is 7.27. The van der Waals surface area contributed by atoms with Crippen molar-refractivity contribution in [3.05, 3.63) is 0 Å². The maximum Gasteiger partial charge on any atom is 0.0589 e. The van der Waals surface area contributed by atoms with Crippen LogP contribution >= 0.6 is 0 Å². The Morgan fingerprint density at radius 3 is 2.22 bits per heavy atom. The smallest absolute Gasteiger partial charge is 0.0589 e. The van der Waals surface area contributed by atoms with Crippen molar-refractivity contribution in [1.82, 2.24) is 10.2 Å². The molecule has 0 spiro atoms. The molecule has 0 radical (unpaired) electrons. The molecule has 0 heterocycles. The van der Waals surface area contributed by atoms with Gasteiger partial charge in [0, 0.05) is 45.9 Å². The van der Waals surface area contributed by atoms with Crippen molar-refractivity contribution in [2.75, 3.05) is 47.1 Å². The Kier molecular flexibility index (Phi) is 8.59. The van der Waals surface area contributed by atoms with Gasteiger partial charge in [-0.25, -0.2) is 0 Å². The average Bonchev–Trinajstić information content (AvgIpc) is 3.19. The van der Waals surface area contributed by atoms with Crippen molar-refractivity contribution in [3.63, 3.8) is 0 Å². The Bertz CT molecular complexity index is 190. The van der Waals surface area contributed by atoms with E-state index < -0.39 is 0 Å². The summed E-state index contributed by atoms with van der Waals surface area (Å²) in [7, 11) is 3.54. The summed E-state index contributed by atoms with van der Waals surface area (Å²) in [6.45, 7) is 6.95. The molecule has 1 aliphatic rings. The van der Waals surface area contributed by atoms with Crippen molar-refractivity contribution in [3.8, 4) is 0 Å². The van der Waals surface area contributed by atoms with Gasteiger partial charge in [-0.2, -0.15) is 0 Å². The lowest BCUT2D eigenvalue weighted by molar-refractivity contribution is 0.0833. The summed E-state index contributed by atoms with van der Waals surface area (Å²) in [6.07, 6.45) is 5.19. The van der Waals surface area contributed by atoms with Crippen molar-refractivity contribution < 1.29 is 9.47 Å². The molecule has 1 unspecified atom stereocenters. The molecule has 0 aromatic rings. The van der Waals surface area contributed by atoms with Crippen molar-refractivity contribution in [2.24, 2.45) is 0 Å². The Labute approximate surface area is 112 Å². The molecule has 1 saturated carbocycles. The normalized spacial score (nSPS) is 17.3. The van der Waals surface area contributed by atoms with Gasteiger partial charge in [-0.1, -0.05) is 13.3 Å². The zero-order valence-corrected chi connectivity index (χ0v) is 12.3. The Morgan fingerprint density at radius 1 is 1.17 bits per heavy atom. The minimum atomic E-state index is 0.612. The first kappa shape index (κ1) is 15.9. The number of rotatable bonds is 12. The molecule has 108 valence electrons. The molecule has 0 aromatic heterocycles. The second kappa shape index (κ2) is 9.73. The Hall–Kier alpha value is -0.160. The maximum atomic E-state index is 5.22. The fourth-order valence-corrected chi connectivity index (χ4v) is 2.23. The van der Waals surface area contributed by atoms with E-state index >= 15 is 0 Å². The van der Waals surface area contributed by atoms with Gasteiger partial charge >= 0.3 is 0 Å². The summed E-state index contributed by atoms with van der Waals surface area (Å²) < 4.78 is 10.4. The van der Waals surface area contributed by atoms with E-state index in [1.807, 2.05) is 0 Å². The third kappa shape index (κ3) is 6.69. The van der Waals surface area contributed by atoms with Gasteiger partial charge in [-0.3, -0.25) is 4.90 Å². The van der Waals surface area contributed by atoms with Crippen LogP contribution in [0.4, 0.5) is 0 Å². The second-order valence-corrected chi connectivity index (χ2v) is 5.15. The summed E-state index contributed by atoms with van der Waals surface area (Å²) in [5.74, 6) is 0. The van der Waals surface area contributed by atoms with Gasteiger partial charge in [0.15, 0.2) is 0 Å². The third-order valence-electron chi connectivity index (χ3n) is 3.52. The van der Waals surface area contributed by atoms with Gasteiger partial charge in [0.1, 0.15) is 0 Å². The predicted octanol–water partition coefficient (Wildman–Crippen LogP) is 1.50. The maximum absolute atomic E-state index is 5.22. The summed E-state index contributed by atoms with van der Waals surface area (Å²) in [5, 5.41) is 3.65. The van der Waals surface area contributed by atoms with Gasteiger partial charge in [0.2, 0.25) is 0 Å². The van der Waals surface area contributed by atoms with Crippen LogP contribution < -0.4 is 5.32 Å². The van der Waals surface area contributed by atoms with Crippen LogP contribution in [0, 0.1) is 0 Å². The monoisotopic (exact) mass is 258 g/mol. The van der Waals surface area contributed by atoms with Crippen LogP contribution in [0.2, 0.25) is 0 Å². The third-order valence-corrected chi connectivity index (χ3v) is 3.52. The number of ether oxygens (including phenoxy) is 2. The number of nitrogens with zero attached hydrogens (tertiary/aromatic N) is 1. The Balaban J connectivity index is 2.37. The fourth-order valence-electron chi connectivity index (χ4n) is 2.23. The van der Waals surface area contributed by atoms with Gasteiger partial charge < -0.3 is 14.8 Å². The summed E-state index contributed by atoms with van der Waals surface area (Å²) >= 11 is 0. The van der Waals surface area contributed by atoms with Crippen molar-refractivity contribution in [1.29, 1.82) is 0 Å². The van der Waals surface area contributed by atoms with E-state index in [0.717, 1.165) is 38.9 Å². The highest BCUT2D eigenvalue weighted by Crippen LogP contribution is 2.19. The summed E-state index contributed by atoms with van der Waals surface area (Å²) in [6, 6.07) is 1.40. The lowest BCUT2D eigenvalue weighted by Crippen LogP contribution is -2.45. The van der Waals surface area contributed by atoms with Gasteiger partial charge in [0.05, 0.1) is 13.2 Å². The lowest BCUT2D eigenvalue weighted by atomic mass is 10.1. The summed E-state index contributed by atoms with van der Waals surface area (Å²) in [5.41, 5.74) is 0. The second-order valence-electron chi connectivity index (χ2n) is 5.15. The molecule has 0 amide bonds. The highest BCUT2D eigenvalue weighted by molar-refractivity contribution is 4.84. The number of methoxy groups -OCH3 is 2. The number of hydrogen-bond donors (Lipinski definition) is 1. The van der Waals surface area contributed by atoms with E-state index in [0.29, 0.717) is 6.04 Å². The molecule has 1 atom stereocenters. The number of nitrogens with one attached hydrogen (secondary N) is 1. The van der Waals surface area contributed by atoms with Gasteiger partial charge in [-0.05, 0) is 19.3 Å². The molecule has 0 bridgehead atoms. The van der Waals surface area contributed by atoms with E-state index in [1.165, 1.54) is 25.7 Å². The lowest BCUT2D eigenvalue weighted by Gasteiger charge is -2.31. The predicted molar refractivity (Wildman–Crippen MR) is 75.0 cm³/mol. The van der Waals surface area contributed by atoms with E-state index in [-0.39, 0.29) is 0 Å². The van der Waals surface area contributed by atoms with Crippen LogP contribution in [0.15, 0.2) is 0 Å². The fraction of sp³-hybridized carbons (Fsp3) is 1.00. The molecule has 0 saturated heterocycles. The molecule has 0 aliphatic heterocycles. The van der Waals surface area contributed by atoms with E-state index in [2.05, 4.69) is 17.1 Å². The quantitative estimate of drug-likeness (QED) is 0.575. The molecule has 18 heavy (non-hydrogen) atoms. The minimum Gasteiger partial charge on any atom is -0.383 e. The van der Waals surface area contributed by atoms with E-state index in [9.17, 15) is 0 Å². The van der Waals surface area contributed by atoms with Crippen LogP contribution in [0.1, 0.15) is 32.6 Å². The van der Waals surface area contributed by atoms with Crippen LogP contribution in [-0.2, 0) is 9.47 Å². The highest BCUT2D eigenvalue weighted by atomic mass is 16.5. The zero-order valence-electron chi connectivity index (χ0n) is 12.3. The highest BCUT2D eigenvalue weighted by Gasteiger charge is 2.24. The molecule has 1 N–H and O–H groups in total. The molecule has 0 aromatic carbocycles. The average molecular weight is 258 g/mol. The van der Waals surface area contributed by atoms with E-state index in [1.54, 1.807) is 14.2 Å². The molecule has 1 aliphatic carbocycles. The molecule has 4 nitrogen and oxygen atoms in total. The Morgan fingerprint density at radius 2 is 1.78 bits per heavy atom. The standard InChI is InChI=1S/C14H30N2O2/c1-4-5-14(12-15-13-6-7-13)16(8-10-17-2)9-11-18-3/h13-15H,4-12H2,1-3H3. The van der Waals surface area contributed by atoms with Gasteiger partial charge in [-0.15, -0.1) is 0 Å². The minimum absolute atomic E-state index is 0.612. The van der Waals surface area contributed by atoms with Crippen LogP contribution in [-0.4, -0.2) is 64.1 Å². The SMILES string of the molecule is CCCC(CNC1CC1)N(CCOC)CCOC. The topological polar surface area (TPSA) is 33.7 Å². The van der Waals surface area contributed by atoms with Crippen LogP contribution in [0.3, 0.4) is 0 Å². The van der Waals surface area contributed by atoms with Crippen LogP contribution in [0.5, 0.6) is 0 Å². The van der Waals surface area contributed by atoms with Crippen molar-refractivity contribution in [2.45, 2.75) is 44.7 Å². The summed E-state index contributed by atoms with van der Waals surface area (Å²) in [4.78, 5) is 2.51. The first-order valence-corrected chi connectivity index (χ1v) is 7.27. The molecule has 4 heteroatoms. The van der Waals surface area contributed by atoms with E-state index in [4.69, 9.17) is 9.47 Å².